The highest BCUT2D eigenvalue weighted by atomic mass is 19.1. The van der Waals surface area contributed by atoms with Gasteiger partial charge in [0.25, 0.3) is 0 Å². The molecule has 2 N–H and O–H groups in total. The summed E-state index contributed by atoms with van der Waals surface area (Å²) in [6.07, 6.45) is 0.130. The second-order valence-corrected chi connectivity index (χ2v) is 6.28. The zero-order valence-corrected chi connectivity index (χ0v) is 13.7. The van der Waals surface area contributed by atoms with Gasteiger partial charge >= 0.3 is 0 Å². The highest BCUT2D eigenvalue weighted by Crippen LogP contribution is 2.44. The maximum absolute atomic E-state index is 14.5. The lowest BCUT2D eigenvalue weighted by atomic mass is 9.71. The molecule has 1 aromatic rings. The number of methoxy groups -OCH3 is 1. The van der Waals surface area contributed by atoms with Crippen molar-refractivity contribution in [3.8, 4) is 5.75 Å². The molecule has 0 radical (unpaired) electrons. The topological polar surface area (TPSA) is 71.0 Å². The van der Waals surface area contributed by atoms with E-state index in [9.17, 15) is 14.3 Å². The molecule has 1 aromatic carbocycles. The molecule has 0 aliphatic carbocycles. The Balaban J connectivity index is 0.00000225. The van der Waals surface area contributed by atoms with Crippen LogP contribution in [0.25, 0.3) is 0 Å². The van der Waals surface area contributed by atoms with Crippen molar-refractivity contribution in [2.45, 2.75) is 25.5 Å². The monoisotopic (exact) mass is 352 g/mol. The van der Waals surface area contributed by atoms with E-state index in [1.807, 2.05) is 0 Å². The van der Waals surface area contributed by atoms with Gasteiger partial charge in [-0.2, -0.15) is 0 Å². The molecule has 2 aliphatic rings. The van der Waals surface area contributed by atoms with Gasteiger partial charge < -0.3 is 24.8 Å². The molecule has 2 heterocycles. The summed E-state index contributed by atoms with van der Waals surface area (Å²) in [6, 6.07) is 3.79. The highest BCUT2D eigenvalue weighted by Gasteiger charge is 2.54. The van der Waals surface area contributed by atoms with E-state index >= 15 is 0 Å². The van der Waals surface area contributed by atoms with Crippen LogP contribution in [0.5, 0.6) is 5.75 Å². The summed E-state index contributed by atoms with van der Waals surface area (Å²) in [7, 11) is 3.19. The van der Waals surface area contributed by atoms with Crippen LogP contribution in [-0.2, 0) is 19.8 Å². The normalized spacial score (nSPS) is 28.8. The van der Waals surface area contributed by atoms with Crippen molar-refractivity contribution in [3.63, 3.8) is 0 Å². The molecule has 0 saturated carbocycles. The molecule has 3 rings (SSSR count). The predicted octanol–water partition coefficient (Wildman–Crippen LogP) is 1.95. The summed E-state index contributed by atoms with van der Waals surface area (Å²) in [5.41, 5.74) is -0.903. The largest absolute Gasteiger partial charge is 0.508 e. The third kappa shape index (κ3) is 3.09. The van der Waals surface area contributed by atoms with Crippen LogP contribution in [0.3, 0.4) is 0 Å². The van der Waals surface area contributed by atoms with Crippen LogP contribution in [0.4, 0.5) is 4.39 Å². The van der Waals surface area contributed by atoms with Crippen LogP contribution < -0.4 is 5.32 Å². The van der Waals surface area contributed by atoms with E-state index in [2.05, 4.69) is 11.9 Å². The molecule has 2 fully saturated rings. The number of nitrogens with zero attached hydrogens (tertiary/aromatic N) is 1. The maximum Gasteiger partial charge on any atom is 0.233 e. The fourth-order valence-corrected chi connectivity index (χ4v) is 3.51. The minimum Gasteiger partial charge on any atom is -0.508 e. The first-order chi connectivity index (χ1) is 11.4. The van der Waals surface area contributed by atoms with E-state index in [4.69, 9.17) is 9.47 Å². The first-order valence-corrected chi connectivity index (χ1v) is 7.73. The van der Waals surface area contributed by atoms with E-state index < -0.39 is 17.3 Å². The Morgan fingerprint density at radius 1 is 1.56 bits per heavy atom. The zero-order valence-electron chi connectivity index (χ0n) is 13.7. The average Bonchev–Trinajstić information content (AvgIpc) is 2.56. The molecule has 2 saturated heterocycles. The van der Waals surface area contributed by atoms with Crippen molar-refractivity contribution < 1.29 is 23.8 Å². The summed E-state index contributed by atoms with van der Waals surface area (Å²) in [4.78, 5) is 14.3. The number of hydrogen-bond donors (Lipinski definition) is 2. The number of carbonyl (C=O) groups is 1. The molecule has 7 heteroatoms. The van der Waals surface area contributed by atoms with Crippen molar-refractivity contribution in [3.05, 3.63) is 42.0 Å². The number of hydrogen-bond acceptors (Lipinski definition) is 5. The Bertz CT molecular complexity index is 681. The molecule has 138 valence electrons. The average molecular weight is 352 g/mol. The van der Waals surface area contributed by atoms with Gasteiger partial charge in [-0.1, -0.05) is 14.0 Å². The van der Waals surface area contributed by atoms with E-state index in [0.29, 0.717) is 18.8 Å². The number of benzene rings is 1. The Labute approximate surface area is 147 Å². The van der Waals surface area contributed by atoms with E-state index in [1.54, 1.807) is 14.2 Å². The number of phenols is 1. The number of carbonyl (C=O) groups excluding carboxylic acids is 1. The number of rotatable bonds is 3. The Morgan fingerprint density at radius 2 is 2.28 bits per heavy atom. The second kappa shape index (κ2) is 7.01. The fraction of sp³-hybridized carbons (Fsp3) is 0.500. The van der Waals surface area contributed by atoms with Gasteiger partial charge in [0.1, 0.15) is 22.9 Å². The van der Waals surface area contributed by atoms with Crippen LogP contribution in [0.2, 0.25) is 0 Å². The third-order valence-electron chi connectivity index (χ3n) is 4.82. The van der Waals surface area contributed by atoms with Gasteiger partial charge in [0.15, 0.2) is 0 Å². The van der Waals surface area contributed by atoms with Gasteiger partial charge in [0.05, 0.1) is 25.2 Å². The molecular formula is C18H25FN2O4. The Morgan fingerprint density at radius 3 is 2.96 bits per heavy atom. The number of aromatic hydroxyl groups is 1. The number of fused-ring (bicyclic) bond motifs is 1. The van der Waals surface area contributed by atoms with Crippen molar-refractivity contribution in [2.24, 2.45) is 5.92 Å². The minimum absolute atomic E-state index is 0. The smallest absolute Gasteiger partial charge is 0.233 e. The van der Waals surface area contributed by atoms with Crippen LogP contribution in [0.15, 0.2) is 30.6 Å². The molecule has 6 nitrogen and oxygen atoms in total. The van der Waals surface area contributed by atoms with E-state index in [-0.39, 0.29) is 37.4 Å². The summed E-state index contributed by atoms with van der Waals surface area (Å²) in [5, 5.41) is 13.0. The molecule has 2 aliphatic heterocycles. The lowest BCUT2D eigenvalue weighted by Gasteiger charge is -2.52. The number of halogens is 1. The Hall–Kier alpha value is -2.12. The number of amides is 1. The minimum atomic E-state index is -1.10. The van der Waals surface area contributed by atoms with Gasteiger partial charge in [0, 0.05) is 19.7 Å². The van der Waals surface area contributed by atoms with Gasteiger partial charge in [-0.3, -0.25) is 4.79 Å². The van der Waals surface area contributed by atoms with Gasteiger partial charge in [0.2, 0.25) is 5.91 Å². The van der Waals surface area contributed by atoms with Crippen LogP contribution in [0.1, 0.15) is 19.4 Å². The zero-order chi connectivity index (χ0) is 17.5. The first-order valence-electron chi connectivity index (χ1n) is 7.73. The second-order valence-electron chi connectivity index (χ2n) is 6.28. The molecular weight excluding hydrogens is 327 g/mol. The lowest BCUT2D eigenvalue weighted by molar-refractivity contribution is -0.157. The third-order valence-corrected chi connectivity index (χ3v) is 4.82. The van der Waals surface area contributed by atoms with E-state index in [1.165, 1.54) is 23.1 Å². The number of phenolic OH excluding ortho intramolecular Hbond substituents is 1. The summed E-state index contributed by atoms with van der Waals surface area (Å²) >= 11 is 0. The van der Waals surface area contributed by atoms with Crippen LogP contribution in [-0.4, -0.2) is 49.4 Å². The van der Waals surface area contributed by atoms with Crippen molar-refractivity contribution >= 4 is 5.91 Å². The van der Waals surface area contributed by atoms with Crippen molar-refractivity contribution in [1.29, 1.82) is 0 Å². The van der Waals surface area contributed by atoms with Gasteiger partial charge in [-0.25, -0.2) is 4.39 Å². The van der Waals surface area contributed by atoms with Crippen molar-refractivity contribution in [2.75, 3.05) is 27.4 Å². The Kier molecular flexibility index (Phi) is 5.39. The number of ether oxygens (including phenoxy) is 2. The first kappa shape index (κ1) is 19.2. The van der Waals surface area contributed by atoms with Gasteiger partial charge in [-0.05, 0) is 24.6 Å². The molecule has 0 aromatic heterocycles. The summed E-state index contributed by atoms with van der Waals surface area (Å²) < 4.78 is 25.5. The molecule has 0 spiro atoms. The molecule has 0 bridgehead atoms. The fourth-order valence-electron chi connectivity index (χ4n) is 3.51. The quantitative estimate of drug-likeness (QED) is 0.870. The molecule has 1 amide bonds. The SMILES string of the molecule is C.C=C1N[C@@]2(c3cc(O)ccc3F)CO[C@@H](COC)C[C@H]2C(=O)N1C. The lowest BCUT2D eigenvalue weighted by Crippen LogP contribution is -2.66. The summed E-state index contributed by atoms with van der Waals surface area (Å²) in [5.74, 6) is -0.932. The number of nitrogens with one attached hydrogen (secondary N) is 1. The maximum atomic E-state index is 14.5. The highest BCUT2D eigenvalue weighted by molar-refractivity contribution is 5.83. The van der Waals surface area contributed by atoms with Crippen LogP contribution in [0, 0.1) is 11.7 Å². The molecule has 3 atom stereocenters. The van der Waals surface area contributed by atoms with Crippen LogP contribution >= 0.6 is 0 Å². The van der Waals surface area contributed by atoms with Crippen molar-refractivity contribution in [1.82, 2.24) is 10.2 Å². The molecule has 0 unspecified atom stereocenters. The van der Waals surface area contributed by atoms with Gasteiger partial charge in [-0.15, -0.1) is 0 Å². The summed E-state index contributed by atoms with van der Waals surface area (Å²) in [6.45, 7) is 4.27. The van der Waals surface area contributed by atoms with E-state index in [0.717, 1.165) is 0 Å². The standard InChI is InChI=1S/C17H21FN2O4.CH4/c1-10-19-17(13-6-11(21)4-5-15(13)18)9-24-12(8-23-3)7-14(17)16(22)20(10)2;/h4-6,12,14,19,21H,1,7-9H2,2-3H3;1H4/t12-,14+,17-;/m1./s1. The molecule has 25 heavy (non-hydrogen) atoms. The predicted molar refractivity (Wildman–Crippen MR) is 91.2 cm³/mol.